The second-order valence-corrected chi connectivity index (χ2v) is 4.97. The monoisotopic (exact) mass is 232 g/mol. The largest absolute Gasteiger partial charge is 0.460 e. The van der Waals surface area contributed by atoms with E-state index in [2.05, 4.69) is 9.97 Å². The van der Waals surface area contributed by atoms with E-state index < -0.39 is 5.60 Å². The van der Waals surface area contributed by atoms with Gasteiger partial charge in [0.05, 0.1) is 6.42 Å². The van der Waals surface area contributed by atoms with Crippen molar-refractivity contribution in [2.24, 2.45) is 0 Å². The summed E-state index contributed by atoms with van der Waals surface area (Å²) in [6.07, 6.45) is 3.78. The fourth-order valence-corrected chi connectivity index (χ4v) is 1.71. The van der Waals surface area contributed by atoms with Gasteiger partial charge in [0, 0.05) is 17.8 Å². The molecule has 0 aliphatic carbocycles. The van der Waals surface area contributed by atoms with Gasteiger partial charge in [-0.15, -0.1) is 0 Å². The average Bonchev–Trinajstić information content (AvgIpc) is 2.63. The summed E-state index contributed by atoms with van der Waals surface area (Å²) in [4.78, 5) is 18.9. The number of nitrogens with one attached hydrogen (secondary N) is 1. The Kier molecular flexibility index (Phi) is 2.88. The lowest BCUT2D eigenvalue weighted by atomic mass is 10.1. The molecule has 0 aliphatic heterocycles. The number of rotatable bonds is 2. The third kappa shape index (κ3) is 2.84. The summed E-state index contributed by atoms with van der Waals surface area (Å²) < 4.78 is 5.30. The Morgan fingerprint density at radius 3 is 2.88 bits per heavy atom. The lowest BCUT2D eigenvalue weighted by Crippen LogP contribution is -2.24. The number of H-pyrrole nitrogens is 1. The molecule has 0 amide bonds. The minimum atomic E-state index is -0.443. The normalized spacial score (nSPS) is 11.7. The number of pyridine rings is 1. The molecule has 1 N–H and O–H groups in total. The molecule has 0 radical (unpaired) electrons. The van der Waals surface area contributed by atoms with Crippen LogP contribution in [0, 0.1) is 0 Å². The van der Waals surface area contributed by atoms with Gasteiger partial charge in [0.2, 0.25) is 0 Å². The maximum Gasteiger partial charge on any atom is 0.310 e. The number of aromatic nitrogens is 2. The molecule has 0 aliphatic rings. The van der Waals surface area contributed by atoms with E-state index in [1.807, 2.05) is 39.1 Å². The summed E-state index contributed by atoms with van der Waals surface area (Å²) in [5, 5.41) is 0.971. The van der Waals surface area contributed by atoms with Gasteiger partial charge in [0.1, 0.15) is 11.2 Å². The highest BCUT2D eigenvalue weighted by Crippen LogP contribution is 2.17. The van der Waals surface area contributed by atoms with E-state index in [0.29, 0.717) is 0 Å². The molecule has 0 saturated carbocycles. The van der Waals surface area contributed by atoms with E-state index in [-0.39, 0.29) is 12.4 Å². The lowest BCUT2D eigenvalue weighted by molar-refractivity contribution is -0.153. The van der Waals surface area contributed by atoms with Crippen LogP contribution < -0.4 is 0 Å². The molecule has 0 spiro atoms. The molecule has 0 bridgehead atoms. The number of ether oxygens (including phenoxy) is 1. The second kappa shape index (κ2) is 4.20. The van der Waals surface area contributed by atoms with Gasteiger partial charge in [0.25, 0.3) is 0 Å². The summed E-state index contributed by atoms with van der Waals surface area (Å²) in [6.45, 7) is 5.59. The van der Waals surface area contributed by atoms with E-state index in [0.717, 1.165) is 16.6 Å². The molecule has 17 heavy (non-hydrogen) atoms. The SMILES string of the molecule is CC(C)(C)OC(=O)Cc1ccnc2[nH]ccc12. The Labute approximate surface area is 100 Å². The topological polar surface area (TPSA) is 55.0 Å². The van der Waals surface area contributed by atoms with Crippen molar-refractivity contribution in [2.75, 3.05) is 0 Å². The minimum Gasteiger partial charge on any atom is -0.460 e. The summed E-state index contributed by atoms with van der Waals surface area (Å²) in [5.74, 6) is -0.216. The van der Waals surface area contributed by atoms with Crippen molar-refractivity contribution in [3.8, 4) is 0 Å². The predicted octanol–water partition coefficient (Wildman–Crippen LogP) is 2.45. The highest BCUT2D eigenvalue weighted by atomic mass is 16.6. The zero-order chi connectivity index (χ0) is 12.5. The van der Waals surface area contributed by atoms with E-state index in [1.54, 1.807) is 6.20 Å². The van der Waals surface area contributed by atoms with E-state index in [4.69, 9.17) is 4.74 Å². The molecule has 0 unspecified atom stereocenters. The van der Waals surface area contributed by atoms with Gasteiger partial charge in [-0.25, -0.2) is 4.98 Å². The van der Waals surface area contributed by atoms with Crippen LogP contribution in [-0.4, -0.2) is 21.5 Å². The third-order valence-electron chi connectivity index (χ3n) is 2.31. The van der Waals surface area contributed by atoms with Crippen LogP contribution in [0.15, 0.2) is 24.5 Å². The van der Waals surface area contributed by atoms with Crippen molar-refractivity contribution >= 4 is 17.0 Å². The van der Waals surface area contributed by atoms with Crippen molar-refractivity contribution in [3.63, 3.8) is 0 Å². The number of nitrogens with zero attached hydrogens (tertiary/aromatic N) is 1. The third-order valence-corrected chi connectivity index (χ3v) is 2.31. The number of aromatic amines is 1. The molecule has 2 rings (SSSR count). The van der Waals surface area contributed by atoms with Crippen LogP contribution in [0.4, 0.5) is 0 Å². The van der Waals surface area contributed by atoms with Crippen molar-refractivity contribution < 1.29 is 9.53 Å². The van der Waals surface area contributed by atoms with Gasteiger partial charge in [-0.2, -0.15) is 0 Å². The number of hydrogen-bond acceptors (Lipinski definition) is 3. The Balaban J connectivity index is 2.18. The van der Waals surface area contributed by atoms with Crippen LogP contribution >= 0.6 is 0 Å². The summed E-state index contributed by atoms with van der Waals surface area (Å²) in [5.41, 5.74) is 1.29. The molecule has 90 valence electrons. The van der Waals surface area contributed by atoms with Gasteiger partial charge in [-0.05, 0) is 38.5 Å². The summed E-state index contributed by atoms with van der Waals surface area (Å²) >= 11 is 0. The predicted molar refractivity (Wildman–Crippen MR) is 65.6 cm³/mol. The quantitative estimate of drug-likeness (QED) is 0.809. The van der Waals surface area contributed by atoms with Gasteiger partial charge in [0.15, 0.2) is 0 Å². The molecule has 0 atom stereocenters. The van der Waals surface area contributed by atoms with Crippen molar-refractivity contribution in [3.05, 3.63) is 30.1 Å². The highest BCUT2D eigenvalue weighted by Gasteiger charge is 2.17. The maximum atomic E-state index is 11.7. The summed E-state index contributed by atoms with van der Waals surface area (Å²) in [6, 6.07) is 3.77. The second-order valence-electron chi connectivity index (χ2n) is 4.97. The van der Waals surface area contributed by atoms with Crippen LogP contribution in [0.1, 0.15) is 26.3 Å². The number of hydrogen-bond donors (Lipinski definition) is 1. The van der Waals surface area contributed by atoms with Gasteiger partial charge in [-0.1, -0.05) is 0 Å². The zero-order valence-electron chi connectivity index (χ0n) is 10.3. The van der Waals surface area contributed by atoms with E-state index >= 15 is 0 Å². The van der Waals surface area contributed by atoms with Gasteiger partial charge in [-0.3, -0.25) is 4.79 Å². The first-order chi connectivity index (χ1) is 7.96. The number of esters is 1. The molecular weight excluding hydrogens is 216 g/mol. The van der Waals surface area contributed by atoms with Crippen LogP contribution in [0.5, 0.6) is 0 Å². The first kappa shape index (κ1) is 11.6. The first-order valence-electron chi connectivity index (χ1n) is 5.58. The van der Waals surface area contributed by atoms with Crippen molar-refractivity contribution in [2.45, 2.75) is 32.8 Å². The Morgan fingerprint density at radius 1 is 1.41 bits per heavy atom. The number of carbonyl (C=O) groups excluding carboxylic acids is 1. The van der Waals surface area contributed by atoms with Crippen LogP contribution in [0.2, 0.25) is 0 Å². The minimum absolute atomic E-state index is 0.216. The van der Waals surface area contributed by atoms with E-state index in [1.165, 1.54) is 0 Å². The van der Waals surface area contributed by atoms with Crippen LogP contribution in [0.25, 0.3) is 11.0 Å². The van der Waals surface area contributed by atoms with Crippen LogP contribution in [-0.2, 0) is 16.0 Å². The standard InChI is InChI=1S/C13H16N2O2/c1-13(2,3)17-11(16)8-9-4-6-14-12-10(9)5-7-15-12/h4-7H,8H2,1-3H3,(H,14,15). The molecule has 2 aromatic rings. The Morgan fingerprint density at radius 2 is 2.18 bits per heavy atom. The molecule has 0 saturated heterocycles. The number of fused-ring (bicyclic) bond motifs is 1. The molecule has 4 nitrogen and oxygen atoms in total. The number of carbonyl (C=O) groups is 1. The van der Waals surface area contributed by atoms with Crippen molar-refractivity contribution in [1.82, 2.24) is 9.97 Å². The van der Waals surface area contributed by atoms with Gasteiger partial charge >= 0.3 is 5.97 Å². The van der Waals surface area contributed by atoms with Crippen molar-refractivity contribution in [1.29, 1.82) is 0 Å². The molecule has 0 fully saturated rings. The fourth-order valence-electron chi connectivity index (χ4n) is 1.71. The average molecular weight is 232 g/mol. The smallest absolute Gasteiger partial charge is 0.310 e. The fraction of sp³-hybridized carbons (Fsp3) is 0.385. The molecule has 2 aromatic heterocycles. The van der Waals surface area contributed by atoms with Crippen LogP contribution in [0.3, 0.4) is 0 Å². The zero-order valence-corrected chi connectivity index (χ0v) is 10.3. The lowest BCUT2D eigenvalue weighted by Gasteiger charge is -2.19. The summed E-state index contributed by atoms with van der Waals surface area (Å²) in [7, 11) is 0. The Hall–Kier alpha value is -1.84. The first-order valence-corrected chi connectivity index (χ1v) is 5.58. The van der Waals surface area contributed by atoms with E-state index in [9.17, 15) is 4.79 Å². The molecule has 4 heteroatoms. The molecular formula is C13H16N2O2. The Bertz CT molecular complexity index is 538. The highest BCUT2D eigenvalue weighted by molar-refractivity contribution is 5.84. The van der Waals surface area contributed by atoms with Gasteiger partial charge < -0.3 is 9.72 Å². The molecule has 0 aromatic carbocycles. The maximum absolute atomic E-state index is 11.7. The molecule has 2 heterocycles.